The van der Waals surface area contributed by atoms with Gasteiger partial charge in [-0.3, -0.25) is 20.4 Å². The highest BCUT2D eigenvalue weighted by molar-refractivity contribution is 6.08. The molecule has 5 rings (SSSR count). The molecule has 0 bridgehead atoms. The first-order valence-corrected chi connectivity index (χ1v) is 11.7. The Morgan fingerprint density at radius 3 is 2.47 bits per heavy atom. The van der Waals surface area contributed by atoms with Crippen molar-refractivity contribution >= 4 is 39.2 Å². The summed E-state index contributed by atoms with van der Waals surface area (Å²) >= 11 is 0. The molecule has 2 amide bonds. The second-order valence-electron chi connectivity index (χ2n) is 9.07. The minimum absolute atomic E-state index is 0.0269. The Bertz CT molecular complexity index is 1370. The molecule has 7 nitrogen and oxygen atoms in total. The predicted octanol–water partition coefficient (Wildman–Crippen LogP) is 3.70. The van der Waals surface area contributed by atoms with Crippen LogP contribution in [0.1, 0.15) is 41.7 Å². The lowest BCUT2D eigenvalue weighted by Gasteiger charge is -2.25. The number of anilines is 1. The summed E-state index contributed by atoms with van der Waals surface area (Å²) in [5.41, 5.74) is 20.3. The number of nitrogens with two attached hydrogens (primary N) is 2. The Morgan fingerprint density at radius 2 is 1.65 bits per heavy atom. The summed E-state index contributed by atoms with van der Waals surface area (Å²) in [5, 5.41) is 3.06. The van der Waals surface area contributed by atoms with Gasteiger partial charge in [0.1, 0.15) is 5.69 Å². The number of nitrogens with one attached hydrogen (secondary N) is 2. The minimum Gasteiger partial charge on any atom is -0.396 e. The number of carbonyl (C=O) groups is 2. The highest BCUT2D eigenvalue weighted by Gasteiger charge is 2.27. The van der Waals surface area contributed by atoms with Crippen LogP contribution in [0, 0.1) is 5.92 Å². The zero-order valence-electron chi connectivity index (χ0n) is 19.0. The van der Waals surface area contributed by atoms with Crippen molar-refractivity contribution in [3.8, 4) is 0 Å². The Morgan fingerprint density at radius 1 is 0.912 bits per heavy atom. The van der Waals surface area contributed by atoms with Crippen LogP contribution in [0.15, 0.2) is 66.7 Å². The Kier molecular flexibility index (Phi) is 5.94. The van der Waals surface area contributed by atoms with Crippen molar-refractivity contribution in [3.05, 3.63) is 78.0 Å². The first-order valence-electron chi connectivity index (χ1n) is 11.7. The molecule has 1 aliphatic rings. The van der Waals surface area contributed by atoms with Gasteiger partial charge >= 0.3 is 0 Å². The third-order valence-corrected chi connectivity index (χ3v) is 6.82. The first-order chi connectivity index (χ1) is 16.5. The normalized spacial score (nSPS) is 18.1. The number of hydrogen-bond donors (Lipinski definition) is 4. The number of carbonyl (C=O) groups excluding carboxylic acids is 2. The number of nitrogens with zero attached hydrogens (tertiary/aromatic N) is 1. The molecule has 4 aromatic rings. The lowest BCUT2D eigenvalue weighted by Crippen LogP contribution is -2.47. The number of hydrogen-bond acceptors (Lipinski definition) is 4. The van der Waals surface area contributed by atoms with Gasteiger partial charge in [-0.25, -0.2) is 0 Å². The molecule has 7 heteroatoms. The van der Waals surface area contributed by atoms with Crippen molar-refractivity contribution in [2.45, 2.75) is 38.3 Å². The first kappa shape index (κ1) is 22.0. The van der Waals surface area contributed by atoms with E-state index in [9.17, 15) is 9.59 Å². The number of rotatable bonds is 4. The third-order valence-electron chi connectivity index (χ3n) is 6.82. The quantitative estimate of drug-likeness (QED) is 0.351. The van der Waals surface area contributed by atoms with Crippen LogP contribution >= 0.6 is 0 Å². The van der Waals surface area contributed by atoms with Crippen LogP contribution in [0.5, 0.6) is 0 Å². The average molecular weight is 456 g/mol. The lowest BCUT2D eigenvalue weighted by atomic mass is 9.86. The zero-order valence-corrected chi connectivity index (χ0v) is 19.0. The van der Waals surface area contributed by atoms with Gasteiger partial charge in [-0.1, -0.05) is 67.1 Å². The van der Waals surface area contributed by atoms with Crippen LogP contribution in [0.2, 0.25) is 0 Å². The Hall–Kier alpha value is -3.84. The van der Waals surface area contributed by atoms with Crippen LogP contribution in [-0.2, 0) is 11.3 Å². The molecule has 1 aromatic heterocycles. The number of para-hydroxylation sites is 1. The van der Waals surface area contributed by atoms with Crippen molar-refractivity contribution in [2.24, 2.45) is 11.7 Å². The maximum atomic E-state index is 13.3. The van der Waals surface area contributed by atoms with Crippen LogP contribution in [0.4, 0.5) is 5.69 Å². The lowest BCUT2D eigenvalue weighted by molar-refractivity contribution is -0.126. The molecule has 0 spiro atoms. The van der Waals surface area contributed by atoms with Gasteiger partial charge in [0.15, 0.2) is 0 Å². The van der Waals surface area contributed by atoms with E-state index in [1.54, 1.807) is 0 Å². The number of nitrogen functional groups attached to an aromatic ring is 1. The fourth-order valence-corrected chi connectivity index (χ4v) is 5.09. The SMILES string of the molecule is Nc1c(C(=O)NNC(=O)C2CCC[C@@H](N)C2)n(Cc2cccc3ccccc23)c2ccccc12. The monoisotopic (exact) mass is 455 g/mol. The topological polar surface area (TPSA) is 115 Å². The fraction of sp³-hybridized carbons (Fsp3) is 0.259. The number of amides is 2. The molecule has 1 fully saturated rings. The average Bonchev–Trinajstić information content (AvgIpc) is 3.14. The second-order valence-corrected chi connectivity index (χ2v) is 9.07. The number of fused-ring (bicyclic) bond motifs is 2. The van der Waals surface area contributed by atoms with Crippen molar-refractivity contribution in [2.75, 3.05) is 5.73 Å². The van der Waals surface area contributed by atoms with E-state index in [0.29, 0.717) is 24.3 Å². The third kappa shape index (κ3) is 4.10. The number of benzene rings is 3. The van der Waals surface area contributed by atoms with Gasteiger partial charge in [-0.05, 0) is 41.7 Å². The summed E-state index contributed by atoms with van der Waals surface area (Å²) in [5.74, 6) is -0.843. The van der Waals surface area contributed by atoms with Gasteiger partial charge in [-0.15, -0.1) is 0 Å². The summed E-state index contributed by atoms with van der Waals surface area (Å²) in [6, 6.07) is 22.0. The molecule has 1 unspecified atom stereocenters. The van der Waals surface area contributed by atoms with Crippen molar-refractivity contribution in [1.82, 2.24) is 15.4 Å². The van der Waals surface area contributed by atoms with Crippen LogP contribution in [0.3, 0.4) is 0 Å². The maximum Gasteiger partial charge on any atom is 0.288 e. The van der Waals surface area contributed by atoms with Crippen molar-refractivity contribution in [3.63, 3.8) is 0 Å². The van der Waals surface area contributed by atoms with E-state index in [4.69, 9.17) is 11.5 Å². The number of hydrazine groups is 1. The highest BCUT2D eigenvalue weighted by Crippen LogP contribution is 2.31. The molecule has 34 heavy (non-hydrogen) atoms. The highest BCUT2D eigenvalue weighted by atomic mass is 16.2. The molecular weight excluding hydrogens is 426 g/mol. The van der Waals surface area contributed by atoms with Crippen molar-refractivity contribution in [1.29, 1.82) is 0 Å². The predicted molar refractivity (Wildman–Crippen MR) is 135 cm³/mol. The summed E-state index contributed by atoms with van der Waals surface area (Å²) in [4.78, 5) is 25.9. The minimum atomic E-state index is -0.442. The number of aromatic nitrogens is 1. The Balaban J connectivity index is 1.46. The van der Waals surface area contributed by atoms with E-state index in [0.717, 1.165) is 46.5 Å². The van der Waals surface area contributed by atoms with E-state index in [-0.39, 0.29) is 17.9 Å². The molecule has 2 atom stereocenters. The summed E-state index contributed by atoms with van der Waals surface area (Å²) in [6.07, 6.45) is 3.25. The van der Waals surface area contributed by atoms with E-state index in [1.807, 2.05) is 47.0 Å². The van der Waals surface area contributed by atoms with Gasteiger partial charge in [0, 0.05) is 23.9 Å². The van der Waals surface area contributed by atoms with E-state index in [1.165, 1.54) is 0 Å². The zero-order chi connectivity index (χ0) is 23.7. The molecule has 1 aliphatic carbocycles. The van der Waals surface area contributed by atoms with Gasteiger partial charge < -0.3 is 16.0 Å². The maximum absolute atomic E-state index is 13.3. The molecule has 6 N–H and O–H groups in total. The van der Waals surface area contributed by atoms with E-state index in [2.05, 4.69) is 35.1 Å². The standard InChI is InChI=1S/C27H29N5O2/c28-20-11-6-9-18(15-20)26(33)30-31-27(34)25-24(29)22-13-3-4-14-23(22)32(25)16-19-10-5-8-17-7-1-2-12-21(17)19/h1-5,7-8,10,12-14,18,20H,6,9,11,15-16,28-29H2,(H,30,33)(H,31,34)/t18?,20-/m1/s1. The summed E-state index contributed by atoms with van der Waals surface area (Å²) in [7, 11) is 0. The molecular formula is C27H29N5O2. The van der Waals surface area contributed by atoms with Crippen LogP contribution < -0.4 is 22.3 Å². The molecule has 174 valence electrons. The largest absolute Gasteiger partial charge is 0.396 e. The molecule has 0 radical (unpaired) electrons. The van der Waals surface area contributed by atoms with Gasteiger partial charge in [0.05, 0.1) is 11.2 Å². The summed E-state index contributed by atoms with van der Waals surface area (Å²) in [6.45, 7) is 0.466. The fourth-order valence-electron chi connectivity index (χ4n) is 5.09. The molecule has 1 heterocycles. The van der Waals surface area contributed by atoms with E-state index >= 15 is 0 Å². The molecule has 0 saturated heterocycles. The van der Waals surface area contributed by atoms with Crippen molar-refractivity contribution < 1.29 is 9.59 Å². The summed E-state index contributed by atoms with van der Waals surface area (Å²) < 4.78 is 1.92. The van der Waals surface area contributed by atoms with E-state index < -0.39 is 5.91 Å². The van der Waals surface area contributed by atoms with Gasteiger partial charge in [-0.2, -0.15) is 0 Å². The Labute approximate surface area is 198 Å². The van der Waals surface area contributed by atoms with Gasteiger partial charge in [0.25, 0.3) is 5.91 Å². The molecule has 3 aromatic carbocycles. The van der Waals surface area contributed by atoms with Crippen LogP contribution in [0.25, 0.3) is 21.7 Å². The van der Waals surface area contributed by atoms with Gasteiger partial charge in [0.2, 0.25) is 5.91 Å². The van der Waals surface area contributed by atoms with Crippen LogP contribution in [-0.4, -0.2) is 22.4 Å². The molecule has 0 aliphatic heterocycles. The second kappa shape index (κ2) is 9.19. The smallest absolute Gasteiger partial charge is 0.288 e. The molecule has 1 saturated carbocycles.